The van der Waals surface area contributed by atoms with Crippen LogP contribution in [0.1, 0.15) is 27.7 Å². The van der Waals surface area contributed by atoms with E-state index in [9.17, 15) is 0 Å². The van der Waals surface area contributed by atoms with E-state index >= 15 is 0 Å². The molecule has 2 unspecified atom stereocenters. The zero-order valence-electron chi connectivity index (χ0n) is 7.46. The van der Waals surface area contributed by atoms with Crippen LogP contribution >= 0.6 is 0 Å². The number of rotatable bonds is 3. The molecule has 0 heteroatoms. The fourth-order valence-electron chi connectivity index (χ4n) is 0.958. The minimum atomic E-state index is 0.668. The highest BCUT2D eigenvalue weighted by Gasteiger charge is 2.02. The molecular weight excluding hydrogens is 120 g/mol. The Labute approximate surface area is 64.6 Å². The summed E-state index contributed by atoms with van der Waals surface area (Å²) in [4.78, 5) is 0. The monoisotopic (exact) mass is 138 g/mol. The van der Waals surface area contributed by atoms with Crippen LogP contribution in [-0.2, 0) is 0 Å². The Kier molecular flexibility index (Phi) is 5.00. The van der Waals surface area contributed by atoms with Crippen molar-refractivity contribution in [3.63, 3.8) is 0 Å². The number of allylic oxidation sites excluding steroid dienone is 4. The van der Waals surface area contributed by atoms with Crippen molar-refractivity contribution in [2.45, 2.75) is 27.7 Å². The second kappa shape index (κ2) is 5.28. The van der Waals surface area contributed by atoms with E-state index in [2.05, 4.69) is 52.0 Å². The summed E-state index contributed by atoms with van der Waals surface area (Å²) in [6, 6.07) is 0. The third-order valence-electron chi connectivity index (χ3n) is 1.82. The van der Waals surface area contributed by atoms with Crippen LogP contribution in [0.15, 0.2) is 24.3 Å². The van der Waals surface area contributed by atoms with E-state index < -0.39 is 0 Å². The van der Waals surface area contributed by atoms with Gasteiger partial charge in [0.05, 0.1) is 0 Å². The van der Waals surface area contributed by atoms with Gasteiger partial charge in [-0.2, -0.15) is 0 Å². The van der Waals surface area contributed by atoms with Gasteiger partial charge in [0, 0.05) is 0 Å². The van der Waals surface area contributed by atoms with Gasteiger partial charge in [0.2, 0.25) is 0 Å². The van der Waals surface area contributed by atoms with Crippen LogP contribution < -0.4 is 0 Å². The van der Waals surface area contributed by atoms with Crippen LogP contribution in [0.25, 0.3) is 0 Å². The molecule has 0 bridgehead atoms. The van der Waals surface area contributed by atoms with E-state index in [0.29, 0.717) is 11.8 Å². The Morgan fingerprint density at radius 1 is 0.800 bits per heavy atom. The molecule has 0 aliphatic carbocycles. The van der Waals surface area contributed by atoms with Crippen molar-refractivity contribution in [3.8, 4) is 0 Å². The normalized spacial score (nSPS) is 18.4. The Hall–Kier alpha value is -0.520. The maximum atomic E-state index is 2.24. The minimum Gasteiger partial charge on any atom is -0.0914 e. The summed E-state index contributed by atoms with van der Waals surface area (Å²) < 4.78 is 0. The fraction of sp³-hybridized carbons (Fsp3) is 0.600. The molecule has 0 aromatic heterocycles. The van der Waals surface area contributed by atoms with E-state index in [0.717, 1.165) is 0 Å². The van der Waals surface area contributed by atoms with Crippen molar-refractivity contribution in [1.82, 2.24) is 0 Å². The van der Waals surface area contributed by atoms with Crippen LogP contribution in [0.5, 0.6) is 0 Å². The van der Waals surface area contributed by atoms with Crippen molar-refractivity contribution >= 4 is 0 Å². The van der Waals surface area contributed by atoms with Gasteiger partial charge in [-0.1, -0.05) is 38.2 Å². The van der Waals surface area contributed by atoms with Crippen LogP contribution in [-0.4, -0.2) is 0 Å². The minimum absolute atomic E-state index is 0.668. The maximum absolute atomic E-state index is 2.24. The first kappa shape index (κ1) is 9.48. The van der Waals surface area contributed by atoms with Crippen molar-refractivity contribution in [2.75, 3.05) is 0 Å². The Balaban J connectivity index is 3.81. The molecule has 2 atom stereocenters. The molecule has 0 N–H and O–H groups in total. The second-order valence-corrected chi connectivity index (χ2v) is 2.77. The lowest BCUT2D eigenvalue weighted by Gasteiger charge is -2.10. The molecule has 0 spiro atoms. The van der Waals surface area contributed by atoms with Gasteiger partial charge >= 0.3 is 0 Å². The molecular formula is C10H18. The molecule has 0 aliphatic heterocycles. The van der Waals surface area contributed by atoms with Crippen LogP contribution in [0.4, 0.5) is 0 Å². The third kappa shape index (κ3) is 3.49. The molecule has 58 valence electrons. The summed E-state index contributed by atoms with van der Waals surface area (Å²) in [6.45, 7) is 8.62. The van der Waals surface area contributed by atoms with E-state index in [4.69, 9.17) is 0 Å². The average molecular weight is 138 g/mol. The predicted molar refractivity (Wildman–Crippen MR) is 48.0 cm³/mol. The average Bonchev–Trinajstić information content (AvgIpc) is 1.89. The van der Waals surface area contributed by atoms with Crippen LogP contribution in [0.2, 0.25) is 0 Å². The summed E-state index contributed by atoms with van der Waals surface area (Å²) in [5, 5.41) is 0. The fourth-order valence-corrected chi connectivity index (χ4v) is 0.958. The Morgan fingerprint density at radius 2 is 1.10 bits per heavy atom. The lowest BCUT2D eigenvalue weighted by Crippen LogP contribution is -2.00. The summed E-state index contributed by atoms with van der Waals surface area (Å²) in [7, 11) is 0. The second-order valence-electron chi connectivity index (χ2n) is 2.77. The number of hydrogen-bond acceptors (Lipinski definition) is 0. The Bertz CT molecular complexity index is 104. The molecule has 0 radical (unpaired) electrons. The molecule has 0 aromatic rings. The van der Waals surface area contributed by atoms with Crippen molar-refractivity contribution in [1.29, 1.82) is 0 Å². The first-order valence-corrected chi connectivity index (χ1v) is 3.98. The number of hydrogen-bond donors (Lipinski definition) is 0. The largest absolute Gasteiger partial charge is 0.0914 e. The molecule has 0 nitrogen and oxygen atoms in total. The lowest BCUT2D eigenvalue weighted by molar-refractivity contribution is 0.557. The van der Waals surface area contributed by atoms with Gasteiger partial charge in [-0.15, -0.1) is 0 Å². The highest BCUT2D eigenvalue weighted by Crippen LogP contribution is 2.13. The van der Waals surface area contributed by atoms with Crippen LogP contribution in [0.3, 0.4) is 0 Å². The standard InChI is InChI=1S/C10H18/c1-5-7-9(3)10(4)8-6-2/h5-10H,1-4H3/b7-5+,8-6+. The van der Waals surface area contributed by atoms with E-state index in [1.165, 1.54) is 0 Å². The van der Waals surface area contributed by atoms with Crippen molar-refractivity contribution in [2.24, 2.45) is 11.8 Å². The highest BCUT2D eigenvalue weighted by atomic mass is 14.1. The summed E-state index contributed by atoms with van der Waals surface area (Å²) in [6.07, 6.45) is 8.71. The van der Waals surface area contributed by atoms with Gasteiger partial charge in [0.25, 0.3) is 0 Å². The van der Waals surface area contributed by atoms with Gasteiger partial charge < -0.3 is 0 Å². The Morgan fingerprint density at radius 3 is 1.30 bits per heavy atom. The zero-order chi connectivity index (χ0) is 7.98. The van der Waals surface area contributed by atoms with E-state index in [1.807, 2.05) is 0 Å². The summed E-state index contributed by atoms with van der Waals surface area (Å²) >= 11 is 0. The molecule has 0 aliphatic rings. The van der Waals surface area contributed by atoms with Crippen molar-refractivity contribution in [3.05, 3.63) is 24.3 Å². The highest BCUT2D eigenvalue weighted by molar-refractivity contribution is 4.94. The molecule has 10 heavy (non-hydrogen) atoms. The molecule has 0 saturated heterocycles. The van der Waals surface area contributed by atoms with Gasteiger partial charge in [-0.3, -0.25) is 0 Å². The molecule has 0 rings (SSSR count). The topological polar surface area (TPSA) is 0 Å². The molecule has 0 fully saturated rings. The quantitative estimate of drug-likeness (QED) is 0.524. The molecule has 0 saturated carbocycles. The van der Waals surface area contributed by atoms with Gasteiger partial charge in [0.15, 0.2) is 0 Å². The maximum Gasteiger partial charge on any atom is -0.0202 e. The first-order chi connectivity index (χ1) is 4.72. The van der Waals surface area contributed by atoms with E-state index in [-0.39, 0.29) is 0 Å². The smallest absolute Gasteiger partial charge is 0.0202 e. The third-order valence-corrected chi connectivity index (χ3v) is 1.82. The van der Waals surface area contributed by atoms with Gasteiger partial charge in [-0.05, 0) is 25.7 Å². The van der Waals surface area contributed by atoms with Gasteiger partial charge in [0.1, 0.15) is 0 Å². The van der Waals surface area contributed by atoms with Crippen LogP contribution in [0, 0.1) is 11.8 Å². The molecule has 0 heterocycles. The molecule has 0 amide bonds. The lowest BCUT2D eigenvalue weighted by atomic mass is 9.95. The summed E-state index contributed by atoms with van der Waals surface area (Å²) in [5.74, 6) is 1.34. The van der Waals surface area contributed by atoms with Crippen molar-refractivity contribution < 1.29 is 0 Å². The first-order valence-electron chi connectivity index (χ1n) is 3.98. The predicted octanol–water partition coefficient (Wildman–Crippen LogP) is 3.41. The SMILES string of the molecule is C/C=C/C(C)C(C)/C=C/C. The van der Waals surface area contributed by atoms with Gasteiger partial charge in [-0.25, -0.2) is 0 Å². The zero-order valence-corrected chi connectivity index (χ0v) is 7.46. The van der Waals surface area contributed by atoms with E-state index in [1.54, 1.807) is 0 Å². The summed E-state index contributed by atoms with van der Waals surface area (Å²) in [5.41, 5.74) is 0. The molecule has 0 aromatic carbocycles.